The van der Waals surface area contributed by atoms with E-state index in [0.717, 1.165) is 25.3 Å². The number of benzene rings is 1. The minimum absolute atomic E-state index is 0.544. The van der Waals surface area contributed by atoms with Crippen molar-refractivity contribution in [3.8, 4) is 5.75 Å². The number of rotatable bonds is 8. The van der Waals surface area contributed by atoms with Crippen molar-refractivity contribution in [3.05, 3.63) is 60.4 Å². The number of aryl methyl sites for hydroxylation is 1. The second-order valence-electron chi connectivity index (χ2n) is 4.69. The lowest BCUT2D eigenvalue weighted by Crippen LogP contribution is -2.16. The molecule has 106 valence electrons. The lowest BCUT2D eigenvalue weighted by atomic mass is 10.2. The van der Waals surface area contributed by atoms with Gasteiger partial charge in [-0.2, -0.15) is 5.10 Å². The largest absolute Gasteiger partial charge is 0.490 e. The number of nitrogens with zero attached hydrogens (tertiary/aromatic N) is 2. The highest BCUT2D eigenvalue weighted by Gasteiger charge is 1.97. The molecule has 20 heavy (non-hydrogen) atoms. The summed E-state index contributed by atoms with van der Waals surface area (Å²) in [6, 6.07) is 8.13. The molecule has 0 unspecified atom stereocenters. The maximum Gasteiger partial charge on any atom is 0.119 e. The van der Waals surface area contributed by atoms with Gasteiger partial charge in [0.05, 0.1) is 6.20 Å². The van der Waals surface area contributed by atoms with Crippen LogP contribution in [-0.2, 0) is 20.0 Å². The number of ether oxygens (including phenoxy) is 1. The van der Waals surface area contributed by atoms with E-state index in [1.165, 1.54) is 11.1 Å². The van der Waals surface area contributed by atoms with Crippen molar-refractivity contribution in [1.82, 2.24) is 15.1 Å². The average molecular weight is 271 g/mol. The quantitative estimate of drug-likeness (QED) is 0.591. The van der Waals surface area contributed by atoms with Crippen LogP contribution in [0.25, 0.3) is 0 Å². The van der Waals surface area contributed by atoms with Crippen LogP contribution in [0.2, 0.25) is 0 Å². The first kappa shape index (κ1) is 14.3. The number of nitrogens with one attached hydrogen (secondary N) is 1. The van der Waals surface area contributed by atoms with Crippen molar-refractivity contribution in [1.29, 1.82) is 0 Å². The molecule has 2 aromatic rings. The van der Waals surface area contributed by atoms with E-state index in [1.807, 2.05) is 36.3 Å². The van der Waals surface area contributed by atoms with Crippen molar-refractivity contribution in [2.24, 2.45) is 7.05 Å². The molecule has 0 radical (unpaired) electrons. The molecule has 4 nitrogen and oxygen atoms in total. The van der Waals surface area contributed by atoms with E-state index in [2.05, 4.69) is 29.1 Å². The van der Waals surface area contributed by atoms with Gasteiger partial charge in [0.15, 0.2) is 0 Å². The zero-order valence-corrected chi connectivity index (χ0v) is 11.9. The molecule has 0 fully saturated rings. The molecule has 0 aliphatic heterocycles. The maximum absolute atomic E-state index is 5.45. The van der Waals surface area contributed by atoms with E-state index < -0.39 is 0 Å². The standard InChI is InChI=1S/C16H21N3O/c1-3-10-20-16-6-4-14(5-7-16)11-17-9-8-15-12-18-19(2)13-15/h3-7,12-13,17H,1,8-11H2,2H3. The van der Waals surface area contributed by atoms with E-state index in [1.54, 1.807) is 6.08 Å². The highest BCUT2D eigenvalue weighted by molar-refractivity contribution is 5.27. The zero-order valence-electron chi connectivity index (χ0n) is 11.9. The Labute approximate surface area is 120 Å². The molecule has 0 saturated heterocycles. The Hall–Kier alpha value is -2.07. The van der Waals surface area contributed by atoms with E-state index in [-0.39, 0.29) is 0 Å². The molecule has 0 atom stereocenters. The van der Waals surface area contributed by atoms with Crippen LogP contribution in [-0.4, -0.2) is 22.9 Å². The van der Waals surface area contributed by atoms with Crippen LogP contribution >= 0.6 is 0 Å². The third kappa shape index (κ3) is 4.55. The molecule has 2 rings (SSSR count). The van der Waals surface area contributed by atoms with Crippen LogP contribution in [0.1, 0.15) is 11.1 Å². The van der Waals surface area contributed by atoms with Crippen LogP contribution in [0.3, 0.4) is 0 Å². The Morgan fingerprint density at radius 2 is 2.10 bits per heavy atom. The van der Waals surface area contributed by atoms with Gasteiger partial charge in [0.2, 0.25) is 0 Å². The molecular formula is C16H21N3O. The summed E-state index contributed by atoms with van der Waals surface area (Å²) in [6.45, 7) is 5.98. The summed E-state index contributed by atoms with van der Waals surface area (Å²) < 4.78 is 7.28. The van der Waals surface area contributed by atoms with Crippen molar-refractivity contribution in [3.63, 3.8) is 0 Å². The Bertz CT molecular complexity index is 531. The first-order valence-electron chi connectivity index (χ1n) is 6.79. The number of hydrogen-bond acceptors (Lipinski definition) is 3. The lowest BCUT2D eigenvalue weighted by Gasteiger charge is -2.06. The van der Waals surface area contributed by atoms with Crippen molar-refractivity contribution < 1.29 is 4.74 Å². The van der Waals surface area contributed by atoms with Crippen LogP contribution < -0.4 is 10.1 Å². The molecule has 0 amide bonds. The SMILES string of the molecule is C=CCOc1ccc(CNCCc2cnn(C)c2)cc1. The predicted molar refractivity (Wildman–Crippen MR) is 80.8 cm³/mol. The van der Waals surface area contributed by atoms with Gasteiger partial charge in [0, 0.05) is 19.8 Å². The summed E-state index contributed by atoms with van der Waals surface area (Å²) in [6.07, 6.45) is 6.70. The summed E-state index contributed by atoms with van der Waals surface area (Å²) in [5.41, 5.74) is 2.51. The number of hydrogen-bond donors (Lipinski definition) is 1. The van der Waals surface area contributed by atoms with Gasteiger partial charge in [-0.25, -0.2) is 0 Å². The normalized spacial score (nSPS) is 10.4. The second kappa shape index (κ2) is 7.50. The van der Waals surface area contributed by atoms with E-state index >= 15 is 0 Å². The molecule has 0 aliphatic rings. The maximum atomic E-state index is 5.45. The van der Waals surface area contributed by atoms with E-state index in [4.69, 9.17) is 4.74 Å². The van der Waals surface area contributed by atoms with Gasteiger partial charge in [-0.05, 0) is 36.2 Å². The first-order chi connectivity index (χ1) is 9.78. The number of aromatic nitrogens is 2. The fourth-order valence-corrected chi connectivity index (χ4v) is 1.93. The van der Waals surface area contributed by atoms with Gasteiger partial charge < -0.3 is 10.1 Å². The molecule has 1 aromatic carbocycles. The topological polar surface area (TPSA) is 39.1 Å². The average Bonchev–Trinajstić information content (AvgIpc) is 2.88. The van der Waals surface area contributed by atoms with Gasteiger partial charge in [-0.3, -0.25) is 4.68 Å². The minimum Gasteiger partial charge on any atom is -0.490 e. The van der Waals surface area contributed by atoms with Crippen LogP contribution in [0.4, 0.5) is 0 Å². The minimum atomic E-state index is 0.544. The summed E-state index contributed by atoms with van der Waals surface area (Å²) in [5, 5.41) is 7.58. The zero-order chi connectivity index (χ0) is 14.2. The fourth-order valence-electron chi connectivity index (χ4n) is 1.93. The molecule has 1 N–H and O–H groups in total. The Balaban J connectivity index is 1.69. The van der Waals surface area contributed by atoms with Gasteiger partial charge in [0.1, 0.15) is 12.4 Å². The molecular weight excluding hydrogens is 250 g/mol. The lowest BCUT2D eigenvalue weighted by molar-refractivity contribution is 0.363. The summed E-state index contributed by atoms with van der Waals surface area (Å²) in [7, 11) is 1.94. The van der Waals surface area contributed by atoms with Crippen molar-refractivity contribution in [2.75, 3.05) is 13.2 Å². The van der Waals surface area contributed by atoms with Crippen molar-refractivity contribution in [2.45, 2.75) is 13.0 Å². The molecule has 0 spiro atoms. The van der Waals surface area contributed by atoms with Gasteiger partial charge in [-0.1, -0.05) is 24.8 Å². The Kier molecular flexibility index (Phi) is 5.38. The van der Waals surface area contributed by atoms with Crippen LogP contribution in [0.5, 0.6) is 5.75 Å². The predicted octanol–water partition coefficient (Wildman–Crippen LogP) is 2.32. The highest BCUT2D eigenvalue weighted by atomic mass is 16.5. The molecule has 0 saturated carbocycles. The smallest absolute Gasteiger partial charge is 0.119 e. The van der Waals surface area contributed by atoms with Gasteiger partial charge in [-0.15, -0.1) is 0 Å². The summed E-state index contributed by atoms with van der Waals surface area (Å²) in [5.74, 6) is 0.879. The van der Waals surface area contributed by atoms with Crippen molar-refractivity contribution >= 4 is 0 Å². The Morgan fingerprint density at radius 3 is 2.75 bits per heavy atom. The summed E-state index contributed by atoms with van der Waals surface area (Å²) >= 11 is 0. The molecule has 0 aliphatic carbocycles. The molecule has 1 aromatic heterocycles. The van der Waals surface area contributed by atoms with Gasteiger partial charge >= 0.3 is 0 Å². The third-order valence-corrected chi connectivity index (χ3v) is 2.97. The molecule has 4 heteroatoms. The van der Waals surface area contributed by atoms with Crippen LogP contribution in [0, 0.1) is 0 Å². The molecule has 0 bridgehead atoms. The van der Waals surface area contributed by atoms with E-state index in [9.17, 15) is 0 Å². The highest BCUT2D eigenvalue weighted by Crippen LogP contribution is 2.12. The second-order valence-corrected chi connectivity index (χ2v) is 4.69. The third-order valence-electron chi connectivity index (χ3n) is 2.97. The first-order valence-corrected chi connectivity index (χ1v) is 6.79. The molecule has 1 heterocycles. The monoisotopic (exact) mass is 271 g/mol. The Morgan fingerprint density at radius 1 is 1.30 bits per heavy atom. The van der Waals surface area contributed by atoms with Gasteiger partial charge in [0.25, 0.3) is 0 Å². The van der Waals surface area contributed by atoms with Crippen LogP contribution in [0.15, 0.2) is 49.3 Å². The summed E-state index contributed by atoms with van der Waals surface area (Å²) in [4.78, 5) is 0. The fraction of sp³-hybridized carbons (Fsp3) is 0.312. The van der Waals surface area contributed by atoms with E-state index in [0.29, 0.717) is 6.61 Å².